The summed E-state index contributed by atoms with van der Waals surface area (Å²) in [6.07, 6.45) is 1.65. The summed E-state index contributed by atoms with van der Waals surface area (Å²) in [5.74, 6) is -0.336. The minimum Gasteiger partial charge on any atom is -0.465 e. The van der Waals surface area contributed by atoms with Gasteiger partial charge in [-0.3, -0.25) is 4.79 Å². The molecule has 2 rings (SSSR count). The first kappa shape index (κ1) is 13.6. The van der Waals surface area contributed by atoms with Gasteiger partial charge in [0.1, 0.15) is 5.82 Å². The number of ether oxygens (including phenoxy) is 1. The summed E-state index contributed by atoms with van der Waals surface area (Å²) in [7, 11) is 0. The summed E-state index contributed by atoms with van der Waals surface area (Å²) in [5.41, 5.74) is 1.63. The van der Waals surface area contributed by atoms with Crippen LogP contribution in [0, 0.1) is 5.82 Å². The van der Waals surface area contributed by atoms with Crippen LogP contribution in [-0.2, 0) is 9.53 Å². The number of nitrogens with zero attached hydrogens (tertiary/aromatic N) is 1. The smallest absolute Gasteiger partial charge is 0.316 e. The fourth-order valence-corrected chi connectivity index (χ4v) is 2.13. The Hall–Kier alpha value is -1.82. The molecule has 0 saturated heterocycles. The van der Waals surface area contributed by atoms with Crippen LogP contribution in [0.15, 0.2) is 35.6 Å². The number of nitrogens with one attached hydrogen (secondary N) is 1. The topological polar surface area (TPSA) is 55.0 Å². The Morgan fingerprint density at radius 2 is 2.16 bits per heavy atom. The van der Waals surface area contributed by atoms with E-state index in [0.717, 1.165) is 11.3 Å². The average Bonchev–Trinajstić information content (AvgIpc) is 2.86. The molecular formula is C13H13FN2O2S. The lowest BCUT2D eigenvalue weighted by molar-refractivity contribution is -0.139. The number of aromatic nitrogens is 2. The van der Waals surface area contributed by atoms with Crippen LogP contribution >= 0.6 is 11.8 Å². The Balaban J connectivity index is 1.99. The number of carbonyl (C=O) groups excluding carboxylic acids is 1. The van der Waals surface area contributed by atoms with Crippen LogP contribution in [0.1, 0.15) is 6.92 Å². The summed E-state index contributed by atoms with van der Waals surface area (Å²) >= 11 is 1.27. The predicted molar refractivity (Wildman–Crippen MR) is 71.3 cm³/mol. The maximum absolute atomic E-state index is 12.8. The molecule has 0 aliphatic heterocycles. The van der Waals surface area contributed by atoms with Crippen molar-refractivity contribution in [1.29, 1.82) is 0 Å². The first-order valence-electron chi connectivity index (χ1n) is 5.78. The van der Waals surface area contributed by atoms with E-state index in [2.05, 4.69) is 9.97 Å². The zero-order valence-corrected chi connectivity index (χ0v) is 11.2. The van der Waals surface area contributed by atoms with Gasteiger partial charge in [0.25, 0.3) is 0 Å². The molecule has 0 aliphatic rings. The van der Waals surface area contributed by atoms with E-state index in [1.807, 2.05) is 0 Å². The first-order valence-corrected chi connectivity index (χ1v) is 6.77. The van der Waals surface area contributed by atoms with Gasteiger partial charge in [0.2, 0.25) is 0 Å². The number of benzene rings is 1. The highest BCUT2D eigenvalue weighted by Crippen LogP contribution is 2.21. The summed E-state index contributed by atoms with van der Waals surface area (Å²) in [5, 5.41) is 0.632. The lowest BCUT2D eigenvalue weighted by Gasteiger charge is -1.99. The maximum Gasteiger partial charge on any atom is 0.316 e. The molecule has 19 heavy (non-hydrogen) atoms. The second-order valence-corrected chi connectivity index (χ2v) is 4.67. The predicted octanol–water partition coefficient (Wildman–Crippen LogP) is 2.87. The number of hydrogen-bond acceptors (Lipinski definition) is 4. The van der Waals surface area contributed by atoms with E-state index in [9.17, 15) is 9.18 Å². The highest BCUT2D eigenvalue weighted by molar-refractivity contribution is 7.99. The molecule has 0 fully saturated rings. The molecule has 1 N–H and O–H groups in total. The monoisotopic (exact) mass is 280 g/mol. The van der Waals surface area contributed by atoms with Gasteiger partial charge in [-0.05, 0) is 36.8 Å². The van der Waals surface area contributed by atoms with Gasteiger partial charge in [0.15, 0.2) is 5.16 Å². The Morgan fingerprint density at radius 3 is 2.84 bits per heavy atom. The van der Waals surface area contributed by atoms with E-state index in [0.29, 0.717) is 11.8 Å². The third kappa shape index (κ3) is 3.82. The molecule has 0 atom stereocenters. The van der Waals surface area contributed by atoms with Gasteiger partial charge in [-0.2, -0.15) is 0 Å². The van der Waals surface area contributed by atoms with Crippen molar-refractivity contribution in [3.05, 3.63) is 36.3 Å². The van der Waals surface area contributed by atoms with Crippen LogP contribution in [0.3, 0.4) is 0 Å². The van der Waals surface area contributed by atoms with Crippen molar-refractivity contribution in [2.45, 2.75) is 12.1 Å². The lowest BCUT2D eigenvalue weighted by atomic mass is 10.2. The van der Waals surface area contributed by atoms with E-state index in [1.165, 1.54) is 23.9 Å². The summed E-state index contributed by atoms with van der Waals surface area (Å²) in [6, 6.07) is 6.12. The van der Waals surface area contributed by atoms with Crippen molar-refractivity contribution >= 4 is 17.7 Å². The standard InChI is InChI=1S/C13H13FN2O2S/c1-2-18-12(17)8-19-13-15-7-11(16-13)9-3-5-10(14)6-4-9/h3-7H,2,8H2,1H3,(H,15,16). The van der Waals surface area contributed by atoms with E-state index >= 15 is 0 Å². The second kappa shape index (κ2) is 6.38. The van der Waals surface area contributed by atoms with Gasteiger partial charge < -0.3 is 9.72 Å². The molecule has 0 aliphatic carbocycles. The number of hydrogen-bond donors (Lipinski definition) is 1. The van der Waals surface area contributed by atoms with E-state index < -0.39 is 0 Å². The van der Waals surface area contributed by atoms with Crippen LogP contribution in [0.5, 0.6) is 0 Å². The average molecular weight is 280 g/mol. The van der Waals surface area contributed by atoms with Crippen molar-refractivity contribution < 1.29 is 13.9 Å². The SMILES string of the molecule is CCOC(=O)CSc1ncc(-c2ccc(F)cc2)[nH]1. The van der Waals surface area contributed by atoms with Crippen molar-refractivity contribution in [1.82, 2.24) is 9.97 Å². The molecule has 1 aromatic heterocycles. The zero-order valence-electron chi connectivity index (χ0n) is 10.4. The zero-order chi connectivity index (χ0) is 13.7. The number of carbonyl (C=O) groups is 1. The number of thioether (sulfide) groups is 1. The molecule has 1 heterocycles. The van der Waals surface area contributed by atoms with Crippen LogP contribution in [0.25, 0.3) is 11.3 Å². The van der Waals surface area contributed by atoms with Gasteiger partial charge in [0, 0.05) is 0 Å². The van der Waals surface area contributed by atoms with E-state index in [1.54, 1.807) is 25.3 Å². The molecule has 0 amide bonds. The number of imidazole rings is 1. The first-order chi connectivity index (χ1) is 9.19. The number of halogens is 1. The normalized spacial score (nSPS) is 10.4. The second-order valence-electron chi connectivity index (χ2n) is 3.70. The van der Waals surface area contributed by atoms with Gasteiger partial charge in [0.05, 0.1) is 24.3 Å². The van der Waals surface area contributed by atoms with Crippen LogP contribution in [0.2, 0.25) is 0 Å². The molecule has 100 valence electrons. The van der Waals surface area contributed by atoms with Crippen LogP contribution in [0.4, 0.5) is 4.39 Å². The summed E-state index contributed by atoms with van der Waals surface area (Å²) < 4.78 is 17.6. The quantitative estimate of drug-likeness (QED) is 0.676. The van der Waals surface area contributed by atoms with Gasteiger partial charge >= 0.3 is 5.97 Å². The molecule has 0 saturated carbocycles. The fraction of sp³-hybridized carbons (Fsp3) is 0.231. The van der Waals surface area contributed by atoms with E-state index in [-0.39, 0.29) is 17.5 Å². The van der Waals surface area contributed by atoms with E-state index in [4.69, 9.17) is 4.74 Å². The van der Waals surface area contributed by atoms with Crippen molar-refractivity contribution in [2.24, 2.45) is 0 Å². The molecule has 0 bridgehead atoms. The minimum atomic E-state index is -0.278. The van der Waals surface area contributed by atoms with Crippen LogP contribution < -0.4 is 0 Å². The highest BCUT2D eigenvalue weighted by Gasteiger charge is 2.07. The maximum atomic E-state index is 12.8. The third-order valence-electron chi connectivity index (χ3n) is 2.34. The molecule has 0 spiro atoms. The van der Waals surface area contributed by atoms with Crippen molar-refractivity contribution in [3.8, 4) is 11.3 Å². The van der Waals surface area contributed by atoms with Crippen LogP contribution in [-0.4, -0.2) is 28.3 Å². The van der Waals surface area contributed by atoms with Gasteiger partial charge in [-0.1, -0.05) is 11.8 Å². The number of H-pyrrole nitrogens is 1. The largest absolute Gasteiger partial charge is 0.465 e. The molecular weight excluding hydrogens is 267 g/mol. The van der Waals surface area contributed by atoms with Gasteiger partial charge in [-0.25, -0.2) is 9.37 Å². The molecule has 1 aromatic carbocycles. The molecule has 0 unspecified atom stereocenters. The molecule has 2 aromatic rings. The highest BCUT2D eigenvalue weighted by atomic mass is 32.2. The Morgan fingerprint density at radius 1 is 1.42 bits per heavy atom. The Kier molecular flexibility index (Phi) is 4.57. The summed E-state index contributed by atoms with van der Waals surface area (Å²) in [4.78, 5) is 18.4. The summed E-state index contributed by atoms with van der Waals surface area (Å²) in [6.45, 7) is 2.14. The number of aromatic amines is 1. The Bertz CT molecular complexity index is 554. The fourth-order valence-electron chi connectivity index (χ4n) is 1.48. The number of esters is 1. The third-order valence-corrected chi connectivity index (χ3v) is 3.20. The minimum absolute atomic E-state index is 0.213. The Labute approximate surface area is 114 Å². The van der Waals surface area contributed by atoms with Crippen molar-refractivity contribution in [3.63, 3.8) is 0 Å². The molecule has 6 heteroatoms. The van der Waals surface area contributed by atoms with Crippen molar-refractivity contribution in [2.75, 3.05) is 12.4 Å². The van der Waals surface area contributed by atoms with Gasteiger partial charge in [-0.15, -0.1) is 0 Å². The molecule has 0 radical (unpaired) electrons. The number of rotatable bonds is 5. The lowest BCUT2D eigenvalue weighted by Crippen LogP contribution is -2.06. The molecule has 4 nitrogen and oxygen atoms in total.